The van der Waals surface area contributed by atoms with Crippen LogP contribution in [0.15, 0.2) is 36.4 Å². The van der Waals surface area contributed by atoms with Crippen molar-refractivity contribution < 1.29 is 24.1 Å². The van der Waals surface area contributed by atoms with Gasteiger partial charge in [0.05, 0.1) is 34.0 Å². The maximum absolute atomic E-state index is 10.2. The molecule has 0 aliphatic carbocycles. The van der Waals surface area contributed by atoms with Gasteiger partial charge >= 0.3 is 0 Å². The second kappa shape index (κ2) is 9.27. The Kier molecular flexibility index (Phi) is 6.94. The lowest BCUT2D eigenvalue weighted by Crippen LogP contribution is -2.21. The standard InChI is InChI=1S/C25H34O5/c1-25(2,3)19-9-7-16(8-10-19)11-18-15-30-23(20(18)14-26)17-12-21(27-4)24(29-6)22(13-17)28-5/h7-10,12-13,18,20,23,26H,11,14-15H2,1-6H3/t18-,20-,23?/m0/s1. The number of aliphatic hydroxyl groups excluding tert-OH is 1. The molecule has 1 N–H and O–H groups in total. The van der Waals surface area contributed by atoms with Crippen LogP contribution in [0.4, 0.5) is 0 Å². The molecule has 164 valence electrons. The third kappa shape index (κ3) is 4.57. The fourth-order valence-corrected chi connectivity index (χ4v) is 4.23. The summed E-state index contributed by atoms with van der Waals surface area (Å²) < 4.78 is 22.6. The lowest BCUT2D eigenvalue weighted by atomic mass is 9.82. The van der Waals surface area contributed by atoms with Gasteiger partial charge in [-0.05, 0) is 46.6 Å². The number of rotatable bonds is 7. The van der Waals surface area contributed by atoms with Crippen molar-refractivity contribution in [2.24, 2.45) is 11.8 Å². The van der Waals surface area contributed by atoms with Gasteiger partial charge in [0.25, 0.3) is 0 Å². The van der Waals surface area contributed by atoms with E-state index in [0.717, 1.165) is 12.0 Å². The molecule has 1 fully saturated rings. The van der Waals surface area contributed by atoms with Gasteiger partial charge in [-0.3, -0.25) is 0 Å². The Balaban J connectivity index is 1.81. The summed E-state index contributed by atoms with van der Waals surface area (Å²) in [5, 5.41) is 10.2. The van der Waals surface area contributed by atoms with Crippen LogP contribution in [-0.4, -0.2) is 39.6 Å². The van der Waals surface area contributed by atoms with Gasteiger partial charge in [-0.25, -0.2) is 0 Å². The van der Waals surface area contributed by atoms with Crippen molar-refractivity contribution in [3.63, 3.8) is 0 Å². The van der Waals surface area contributed by atoms with Crippen molar-refractivity contribution in [1.82, 2.24) is 0 Å². The number of ether oxygens (including phenoxy) is 4. The normalized spacial score (nSPS) is 21.5. The minimum Gasteiger partial charge on any atom is -0.493 e. The van der Waals surface area contributed by atoms with E-state index in [4.69, 9.17) is 18.9 Å². The average Bonchev–Trinajstić information content (AvgIpc) is 3.14. The van der Waals surface area contributed by atoms with E-state index in [1.165, 1.54) is 11.1 Å². The highest BCUT2D eigenvalue weighted by Crippen LogP contribution is 2.45. The molecule has 0 amide bonds. The first-order valence-electron chi connectivity index (χ1n) is 10.4. The van der Waals surface area contributed by atoms with E-state index in [0.29, 0.717) is 23.9 Å². The van der Waals surface area contributed by atoms with Gasteiger partial charge in [0.2, 0.25) is 5.75 Å². The molecule has 5 heteroatoms. The van der Waals surface area contributed by atoms with E-state index in [1.807, 2.05) is 12.1 Å². The summed E-state index contributed by atoms with van der Waals surface area (Å²) in [5.74, 6) is 1.97. The molecule has 1 aliphatic rings. The minimum absolute atomic E-state index is 0.00454. The molecule has 30 heavy (non-hydrogen) atoms. The minimum atomic E-state index is -0.220. The first-order chi connectivity index (χ1) is 14.3. The van der Waals surface area contributed by atoms with Crippen molar-refractivity contribution in [2.45, 2.75) is 38.7 Å². The molecule has 0 bridgehead atoms. The van der Waals surface area contributed by atoms with Crippen LogP contribution in [0, 0.1) is 11.8 Å². The summed E-state index contributed by atoms with van der Waals surface area (Å²) in [6, 6.07) is 12.6. The van der Waals surface area contributed by atoms with E-state index in [-0.39, 0.29) is 30.0 Å². The van der Waals surface area contributed by atoms with Gasteiger partial charge in [-0.2, -0.15) is 0 Å². The summed E-state index contributed by atoms with van der Waals surface area (Å²) in [7, 11) is 4.79. The van der Waals surface area contributed by atoms with Crippen molar-refractivity contribution in [3.05, 3.63) is 53.1 Å². The van der Waals surface area contributed by atoms with Crippen LogP contribution in [0.5, 0.6) is 17.2 Å². The SMILES string of the molecule is COc1cc(C2OC[C@H](Cc3ccc(C(C)(C)C)cc3)[C@@H]2CO)cc(OC)c1OC. The molecule has 2 aromatic carbocycles. The van der Waals surface area contributed by atoms with Crippen LogP contribution in [0.1, 0.15) is 43.6 Å². The highest BCUT2D eigenvalue weighted by Gasteiger charge is 2.38. The predicted molar refractivity (Wildman–Crippen MR) is 118 cm³/mol. The molecule has 1 unspecified atom stereocenters. The van der Waals surface area contributed by atoms with Gasteiger partial charge in [0.15, 0.2) is 11.5 Å². The summed E-state index contributed by atoms with van der Waals surface area (Å²) in [4.78, 5) is 0. The average molecular weight is 415 g/mol. The van der Waals surface area contributed by atoms with Crippen LogP contribution < -0.4 is 14.2 Å². The molecule has 0 radical (unpaired) electrons. The number of benzene rings is 2. The molecule has 2 aromatic rings. The van der Waals surface area contributed by atoms with Gasteiger partial charge in [-0.1, -0.05) is 45.0 Å². The fraction of sp³-hybridized carbons (Fsp3) is 0.520. The lowest BCUT2D eigenvalue weighted by molar-refractivity contribution is 0.0715. The van der Waals surface area contributed by atoms with Gasteiger partial charge in [-0.15, -0.1) is 0 Å². The van der Waals surface area contributed by atoms with Crippen LogP contribution in [0.25, 0.3) is 0 Å². The number of hydrogen-bond acceptors (Lipinski definition) is 5. The Morgan fingerprint density at radius 1 is 0.967 bits per heavy atom. The van der Waals surface area contributed by atoms with E-state index in [9.17, 15) is 5.11 Å². The third-order valence-corrected chi connectivity index (χ3v) is 6.03. The summed E-state index contributed by atoms with van der Waals surface area (Å²) in [6.45, 7) is 7.32. The highest BCUT2D eigenvalue weighted by atomic mass is 16.5. The Hall–Kier alpha value is -2.24. The second-order valence-electron chi connectivity index (χ2n) is 8.97. The lowest BCUT2D eigenvalue weighted by Gasteiger charge is -2.23. The zero-order chi connectivity index (χ0) is 21.9. The van der Waals surface area contributed by atoms with Crippen LogP contribution in [0.3, 0.4) is 0 Å². The molecular formula is C25H34O5. The quantitative estimate of drug-likeness (QED) is 0.720. The molecular weight excluding hydrogens is 380 g/mol. The Bertz CT molecular complexity index is 813. The Labute approximate surface area is 179 Å². The molecule has 3 rings (SSSR count). The number of hydrogen-bond donors (Lipinski definition) is 1. The van der Waals surface area contributed by atoms with E-state index in [2.05, 4.69) is 45.0 Å². The van der Waals surface area contributed by atoms with E-state index >= 15 is 0 Å². The summed E-state index contributed by atoms with van der Waals surface area (Å²) >= 11 is 0. The van der Waals surface area contributed by atoms with E-state index < -0.39 is 0 Å². The first kappa shape index (κ1) is 22.4. The van der Waals surface area contributed by atoms with Crippen LogP contribution >= 0.6 is 0 Å². The third-order valence-electron chi connectivity index (χ3n) is 6.03. The molecule has 3 atom stereocenters. The van der Waals surface area contributed by atoms with Crippen molar-refractivity contribution in [2.75, 3.05) is 34.5 Å². The van der Waals surface area contributed by atoms with Crippen LogP contribution in [0.2, 0.25) is 0 Å². The monoisotopic (exact) mass is 414 g/mol. The van der Waals surface area contributed by atoms with Crippen molar-refractivity contribution in [3.8, 4) is 17.2 Å². The molecule has 1 saturated heterocycles. The molecule has 0 spiro atoms. The summed E-state index contributed by atoms with van der Waals surface area (Å²) in [6.07, 6.45) is 0.652. The number of methoxy groups -OCH3 is 3. The predicted octanol–water partition coefficient (Wildman–Crippen LogP) is 4.55. The maximum atomic E-state index is 10.2. The molecule has 5 nitrogen and oxygen atoms in total. The largest absolute Gasteiger partial charge is 0.493 e. The zero-order valence-electron chi connectivity index (χ0n) is 18.9. The molecule has 0 aromatic heterocycles. The zero-order valence-corrected chi connectivity index (χ0v) is 18.9. The smallest absolute Gasteiger partial charge is 0.203 e. The van der Waals surface area contributed by atoms with Gasteiger partial charge < -0.3 is 24.1 Å². The molecule has 1 heterocycles. The van der Waals surface area contributed by atoms with Gasteiger partial charge in [0, 0.05) is 12.5 Å². The first-order valence-corrected chi connectivity index (χ1v) is 10.4. The Morgan fingerprint density at radius 2 is 1.57 bits per heavy atom. The summed E-state index contributed by atoms with van der Waals surface area (Å²) in [5.41, 5.74) is 3.65. The van der Waals surface area contributed by atoms with E-state index in [1.54, 1.807) is 21.3 Å². The Morgan fingerprint density at radius 3 is 2.03 bits per heavy atom. The van der Waals surface area contributed by atoms with Crippen LogP contribution in [-0.2, 0) is 16.6 Å². The molecule has 1 aliphatic heterocycles. The van der Waals surface area contributed by atoms with Crippen molar-refractivity contribution in [1.29, 1.82) is 0 Å². The highest BCUT2D eigenvalue weighted by molar-refractivity contribution is 5.54. The second-order valence-corrected chi connectivity index (χ2v) is 8.97. The van der Waals surface area contributed by atoms with Gasteiger partial charge in [0.1, 0.15) is 0 Å². The molecule has 0 saturated carbocycles. The number of aliphatic hydroxyl groups is 1. The fourth-order valence-electron chi connectivity index (χ4n) is 4.23. The topological polar surface area (TPSA) is 57.2 Å². The van der Waals surface area contributed by atoms with Crippen molar-refractivity contribution >= 4 is 0 Å². The maximum Gasteiger partial charge on any atom is 0.203 e.